The van der Waals surface area contributed by atoms with E-state index >= 15 is 0 Å². The number of nitrogens with zero attached hydrogens (tertiary/aromatic N) is 1. The van der Waals surface area contributed by atoms with E-state index < -0.39 is 17.8 Å². The molecule has 1 N–H and O–H groups in total. The van der Waals surface area contributed by atoms with Crippen LogP contribution in [0.5, 0.6) is 11.5 Å². The fourth-order valence-electron chi connectivity index (χ4n) is 7.82. The van der Waals surface area contributed by atoms with Gasteiger partial charge in [0, 0.05) is 0 Å². The fraction of sp³-hybridized carbons (Fsp3) is 0.485. The average molecular weight is 669 g/mol. The lowest BCUT2D eigenvalue weighted by Gasteiger charge is -2.57. The summed E-state index contributed by atoms with van der Waals surface area (Å²) in [5, 5.41) is 2.35. The first kappa shape index (κ1) is 28.2. The number of rotatable bonds is 8. The topological polar surface area (TPSA) is 84.9 Å². The second kappa shape index (κ2) is 11.1. The number of nitrogens with one attached hydrogen (secondary N) is 1. The Morgan fingerprint density at radius 1 is 1.02 bits per heavy atom. The van der Waals surface area contributed by atoms with Crippen LogP contribution in [0.15, 0.2) is 42.0 Å². The van der Waals surface area contributed by atoms with E-state index in [2.05, 4.69) is 40.0 Å². The third-order valence-corrected chi connectivity index (χ3v) is 10.2. The van der Waals surface area contributed by atoms with E-state index in [1.165, 1.54) is 50.2 Å². The summed E-state index contributed by atoms with van der Waals surface area (Å²) in [6.07, 6.45) is 10.2. The lowest BCUT2D eigenvalue weighted by molar-refractivity contribution is -0.122. The summed E-state index contributed by atoms with van der Waals surface area (Å²) in [6.45, 7) is 6.37. The van der Waals surface area contributed by atoms with E-state index in [1.54, 1.807) is 6.07 Å². The zero-order valence-electron chi connectivity index (χ0n) is 23.9. The molecule has 0 unspecified atom stereocenters. The Balaban J connectivity index is 1.28. The van der Waals surface area contributed by atoms with Crippen LogP contribution in [0.1, 0.15) is 76.8 Å². The maximum absolute atomic E-state index is 13.6. The highest BCUT2D eigenvalue weighted by Gasteiger charge is 2.51. The van der Waals surface area contributed by atoms with Crippen molar-refractivity contribution in [1.82, 2.24) is 5.32 Å². The molecule has 1 saturated heterocycles. The summed E-state index contributed by atoms with van der Waals surface area (Å²) in [6, 6.07) is 10.8. The molecule has 4 amide bonds. The molecule has 5 fully saturated rings. The van der Waals surface area contributed by atoms with Crippen LogP contribution in [-0.2, 0) is 15.0 Å². The quantitative estimate of drug-likeness (QED) is 0.186. The molecule has 2 aromatic rings. The molecule has 4 saturated carbocycles. The fourth-order valence-corrected chi connectivity index (χ4v) is 8.57. The standard InChI is InChI=1S/C33H37IN2O5/c1-4-19(3)41-29-27(34)14-20(15-28(29)40-5-2)13-26-30(37)35-32(39)36(31(26)38)25-8-6-24(7-9-25)33-16-21-10-22(17-33)12-23(11-21)18-33/h6-9,13-15,19,21-23H,4-5,10-12,16-18H2,1-3H3,(H,35,37,39)/b26-13+/t19-,21?,22?,23?,33?/m1/s1. The Hall–Kier alpha value is -2.88. The van der Waals surface area contributed by atoms with Gasteiger partial charge >= 0.3 is 6.03 Å². The van der Waals surface area contributed by atoms with Crippen LogP contribution < -0.4 is 19.7 Å². The van der Waals surface area contributed by atoms with Crippen molar-refractivity contribution in [2.75, 3.05) is 11.5 Å². The molecule has 41 heavy (non-hydrogen) atoms. The van der Waals surface area contributed by atoms with E-state index in [0.29, 0.717) is 29.4 Å². The summed E-state index contributed by atoms with van der Waals surface area (Å²) >= 11 is 2.17. The number of amides is 4. The van der Waals surface area contributed by atoms with Crippen molar-refractivity contribution in [2.24, 2.45) is 17.8 Å². The summed E-state index contributed by atoms with van der Waals surface area (Å²) in [7, 11) is 0. The van der Waals surface area contributed by atoms with E-state index in [9.17, 15) is 14.4 Å². The number of ether oxygens (including phenoxy) is 2. The van der Waals surface area contributed by atoms with Gasteiger partial charge in [0.05, 0.1) is 22.0 Å². The van der Waals surface area contributed by atoms with Crippen LogP contribution in [0.25, 0.3) is 6.08 Å². The molecule has 2 aromatic carbocycles. The smallest absolute Gasteiger partial charge is 0.335 e. The number of barbiturate groups is 1. The molecule has 0 aromatic heterocycles. The van der Waals surface area contributed by atoms with E-state index in [1.807, 2.05) is 39.0 Å². The molecule has 7 nitrogen and oxygen atoms in total. The average Bonchev–Trinajstić information content (AvgIpc) is 2.92. The minimum Gasteiger partial charge on any atom is -0.490 e. The van der Waals surface area contributed by atoms with Gasteiger partial charge in [-0.25, -0.2) is 9.69 Å². The van der Waals surface area contributed by atoms with Crippen molar-refractivity contribution in [3.05, 3.63) is 56.7 Å². The lowest BCUT2D eigenvalue weighted by Crippen LogP contribution is -2.54. The van der Waals surface area contributed by atoms with Gasteiger partial charge in [-0.3, -0.25) is 14.9 Å². The molecule has 0 spiro atoms. The molecule has 8 heteroatoms. The minimum absolute atomic E-state index is 0.00605. The molecule has 4 bridgehead atoms. The van der Waals surface area contributed by atoms with Gasteiger partial charge in [0.1, 0.15) is 5.57 Å². The number of imide groups is 2. The number of urea groups is 1. The van der Waals surface area contributed by atoms with Gasteiger partial charge in [0.15, 0.2) is 11.5 Å². The van der Waals surface area contributed by atoms with Crippen LogP contribution in [0.2, 0.25) is 0 Å². The monoisotopic (exact) mass is 668 g/mol. The van der Waals surface area contributed by atoms with E-state index in [4.69, 9.17) is 9.47 Å². The van der Waals surface area contributed by atoms with Crippen molar-refractivity contribution in [2.45, 2.75) is 77.2 Å². The second-order valence-corrected chi connectivity index (χ2v) is 13.5. The van der Waals surface area contributed by atoms with Gasteiger partial charge in [-0.2, -0.15) is 0 Å². The zero-order chi connectivity index (χ0) is 28.9. The molecule has 1 atom stereocenters. The summed E-state index contributed by atoms with van der Waals surface area (Å²) in [4.78, 5) is 40.4. The highest BCUT2D eigenvalue weighted by molar-refractivity contribution is 14.1. The predicted molar refractivity (Wildman–Crippen MR) is 166 cm³/mol. The Kier molecular flexibility index (Phi) is 7.63. The maximum atomic E-state index is 13.6. The van der Waals surface area contributed by atoms with Crippen molar-refractivity contribution < 1.29 is 23.9 Å². The van der Waals surface area contributed by atoms with Crippen LogP contribution in [-0.4, -0.2) is 30.6 Å². The molecule has 216 valence electrons. The largest absolute Gasteiger partial charge is 0.490 e. The summed E-state index contributed by atoms with van der Waals surface area (Å²) in [5.41, 5.74) is 2.50. The number of carbonyl (C=O) groups is 3. The maximum Gasteiger partial charge on any atom is 0.335 e. The second-order valence-electron chi connectivity index (χ2n) is 12.3. The van der Waals surface area contributed by atoms with Crippen LogP contribution in [0.4, 0.5) is 10.5 Å². The Bertz CT molecular complexity index is 1380. The van der Waals surface area contributed by atoms with E-state index in [0.717, 1.165) is 32.6 Å². The Morgan fingerprint density at radius 2 is 1.66 bits per heavy atom. The van der Waals surface area contributed by atoms with Gasteiger partial charge in [0.25, 0.3) is 11.8 Å². The van der Waals surface area contributed by atoms with Crippen LogP contribution in [0.3, 0.4) is 0 Å². The van der Waals surface area contributed by atoms with Crippen molar-refractivity contribution in [3.63, 3.8) is 0 Å². The van der Waals surface area contributed by atoms with Gasteiger partial charge < -0.3 is 9.47 Å². The molecule has 7 rings (SSSR count). The predicted octanol–water partition coefficient (Wildman–Crippen LogP) is 7.00. The summed E-state index contributed by atoms with van der Waals surface area (Å²) < 4.78 is 12.7. The van der Waals surface area contributed by atoms with Crippen LogP contribution >= 0.6 is 22.6 Å². The third kappa shape index (κ3) is 5.28. The highest BCUT2D eigenvalue weighted by Crippen LogP contribution is 2.60. The molecule has 5 aliphatic rings. The third-order valence-electron chi connectivity index (χ3n) is 9.41. The molecular weight excluding hydrogens is 631 g/mol. The summed E-state index contributed by atoms with van der Waals surface area (Å²) in [5.74, 6) is 2.31. The Labute approximate surface area is 255 Å². The number of carbonyl (C=O) groups excluding carboxylic acids is 3. The van der Waals surface area contributed by atoms with E-state index in [-0.39, 0.29) is 17.1 Å². The highest BCUT2D eigenvalue weighted by atomic mass is 127. The molecule has 1 heterocycles. The number of halogens is 1. The van der Waals surface area contributed by atoms with Crippen molar-refractivity contribution >= 4 is 52.2 Å². The molecular formula is C33H37IN2O5. The molecule has 4 aliphatic carbocycles. The molecule has 0 radical (unpaired) electrons. The van der Waals surface area contributed by atoms with Gasteiger partial charge in [0.2, 0.25) is 0 Å². The SMILES string of the molecule is CCOc1cc(/C=C2\C(=O)NC(=O)N(c3ccc(C45CC6CC(CC(C6)C4)C5)cc3)C2=O)cc(I)c1O[C@H](C)CC. The minimum atomic E-state index is -0.735. The van der Waals surface area contributed by atoms with Crippen molar-refractivity contribution in [3.8, 4) is 11.5 Å². The van der Waals surface area contributed by atoms with Crippen LogP contribution in [0, 0.1) is 21.3 Å². The lowest BCUT2D eigenvalue weighted by atomic mass is 9.48. The Morgan fingerprint density at radius 3 is 2.24 bits per heavy atom. The zero-order valence-corrected chi connectivity index (χ0v) is 26.0. The number of hydrogen-bond donors (Lipinski definition) is 1. The first-order valence-corrected chi connectivity index (χ1v) is 15.9. The van der Waals surface area contributed by atoms with Crippen molar-refractivity contribution in [1.29, 1.82) is 0 Å². The van der Waals surface area contributed by atoms with Gasteiger partial charge in [-0.1, -0.05) is 19.1 Å². The van der Waals surface area contributed by atoms with Gasteiger partial charge in [-0.05, 0) is 146 Å². The first-order valence-electron chi connectivity index (χ1n) is 14.8. The number of anilines is 1. The van der Waals surface area contributed by atoms with Gasteiger partial charge in [-0.15, -0.1) is 0 Å². The number of hydrogen-bond acceptors (Lipinski definition) is 5. The molecule has 1 aliphatic heterocycles. The normalized spacial score (nSPS) is 28.7. The first-order chi connectivity index (χ1) is 19.7. The number of benzene rings is 2.